The molecular weight excluding hydrogens is 475 g/mol. The van der Waals surface area contributed by atoms with E-state index in [1.807, 2.05) is 30.5 Å². The third kappa shape index (κ3) is 6.05. The minimum Gasteiger partial charge on any atom is -0.361 e. The van der Waals surface area contributed by atoms with Gasteiger partial charge in [0, 0.05) is 30.4 Å². The van der Waals surface area contributed by atoms with E-state index >= 15 is 0 Å². The van der Waals surface area contributed by atoms with Gasteiger partial charge in [0.1, 0.15) is 0 Å². The first-order chi connectivity index (χ1) is 17.9. The topological polar surface area (TPSA) is 39.3 Å². The molecular formula is C30H30F3N3O. The van der Waals surface area contributed by atoms with Crippen LogP contribution in [-0.2, 0) is 12.7 Å². The van der Waals surface area contributed by atoms with Crippen LogP contribution in [0.4, 0.5) is 13.2 Å². The second-order valence-corrected chi connectivity index (χ2v) is 9.68. The summed E-state index contributed by atoms with van der Waals surface area (Å²) >= 11 is 0. The number of halogens is 3. The van der Waals surface area contributed by atoms with Gasteiger partial charge in [-0.15, -0.1) is 0 Å². The molecule has 1 aromatic heterocycles. The Morgan fingerprint density at radius 2 is 1.68 bits per heavy atom. The Kier molecular flexibility index (Phi) is 7.33. The number of carbonyl (C=O) groups excluding carboxylic acids is 1. The molecule has 1 fully saturated rings. The van der Waals surface area contributed by atoms with E-state index in [0.717, 1.165) is 65.8 Å². The first kappa shape index (κ1) is 25.1. The number of H-pyrrole nitrogens is 1. The minimum absolute atomic E-state index is 0.255. The van der Waals surface area contributed by atoms with Gasteiger partial charge in [0.2, 0.25) is 0 Å². The van der Waals surface area contributed by atoms with Crippen LogP contribution in [0, 0.1) is 0 Å². The molecule has 1 amide bonds. The van der Waals surface area contributed by atoms with Crippen molar-refractivity contribution < 1.29 is 18.0 Å². The van der Waals surface area contributed by atoms with Crippen LogP contribution in [0.15, 0.2) is 79.0 Å². The Labute approximate surface area is 214 Å². The third-order valence-electron chi connectivity index (χ3n) is 7.03. The van der Waals surface area contributed by atoms with Gasteiger partial charge >= 0.3 is 6.18 Å². The van der Waals surface area contributed by atoms with Crippen molar-refractivity contribution in [2.45, 2.75) is 32.0 Å². The highest BCUT2D eigenvalue weighted by Crippen LogP contribution is 2.30. The number of likely N-dealkylation sites (tertiary alicyclic amines) is 1. The summed E-state index contributed by atoms with van der Waals surface area (Å²) in [5.74, 6) is -0.255. The highest BCUT2D eigenvalue weighted by molar-refractivity contribution is 5.94. The van der Waals surface area contributed by atoms with Crippen LogP contribution in [0.3, 0.4) is 0 Å². The summed E-state index contributed by atoms with van der Waals surface area (Å²) in [5.41, 5.74) is 3.71. The lowest BCUT2D eigenvalue weighted by atomic mass is 10.0. The Morgan fingerprint density at radius 3 is 2.43 bits per heavy atom. The number of nitrogens with zero attached hydrogens (tertiary/aromatic N) is 2. The van der Waals surface area contributed by atoms with E-state index in [1.54, 1.807) is 4.90 Å². The minimum atomic E-state index is -4.43. The third-order valence-corrected chi connectivity index (χ3v) is 7.03. The molecule has 0 spiro atoms. The van der Waals surface area contributed by atoms with Crippen LogP contribution < -0.4 is 0 Å². The molecule has 0 radical (unpaired) electrons. The average Bonchev–Trinajstić information content (AvgIpc) is 3.59. The summed E-state index contributed by atoms with van der Waals surface area (Å²) in [6.45, 7) is 4.00. The van der Waals surface area contributed by atoms with Gasteiger partial charge in [0.05, 0.1) is 5.56 Å². The van der Waals surface area contributed by atoms with Gasteiger partial charge in [-0.2, -0.15) is 13.2 Å². The molecule has 4 nitrogen and oxygen atoms in total. The standard InChI is InChI=1S/C30H30F3N3O/c31-30(32,33)27-10-7-23(8-11-27)29(37)36(18-4-17-35-15-1-2-16-35)21-22-5-3-6-24(19-22)25-9-12-28-26(20-25)13-14-34-28/h3,5-14,19-20,34H,1-2,4,15-18,21H2. The van der Waals surface area contributed by atoms with Crippen molar-refractivity contribution in [3.05, 3.63) is 95.7 Å². The van der Waals surface area contributed by atoms with Gasteiger partial charge in [-0.25, -0.2) is 0 Å². The van der Waals surface area contributed by atoms with E-state index in [9.17, 15) is 18.0 Å². The summed E-state index contributed by atoms with van der Waals surface area (Å²) in [7, 11) is 0. The Bertz CT molecular complexity index is 1350. The highest BCUT2D eigenvalue weighted by Gasteiger charge is 2.30. The first-order valence-corrected chi connectivity index (χ1v) is 12.7. The highest BCUT2D eigenvalue weighted by atomic mass is 19.4. The van der Waals surface area contributed by atoms with Crippen LogP contribution in [0.5, 0.6) is 0 Å². The molecule has 2 heterocycles. The van der Waals surface area contributed by atoms with Gasteiger partial charge in [-0.1, -0.05) is 24.3 Å². The lowest BCUT2D eigenvalue weighted by Gasteiger charge is -2.25. The maximum Gasteiger partial charge on any atom is 0.416 e. The van der Waals surface area contributed by atoms with Gasteiger partial charge in [-0.05, 0) is 110 Å². The normalized spacial score (nSPS) is 14.4. The SMILES string of the molecule is O=C(c1ccc(C(F)(F)F)cc1)N(CCCN1CCCC1)Cc1cccc(-c2ccc3[nH]ccc3c2)c1. The molecule has 3 aromatic carbocycles. The van der Waals surface area contributed by atoms with Gasteiger partial charge < -0.3 is 14.8 Å². The van der Waals surface area contributed by atoms with Crippen molar-refractivity contribution in [3.8, 4) is 11.1 Å². The molecule has 7 heteroatoms. The number of aromatic nitrogens is 1. The van der Waals surface area contributed by atoms with Crippen molar-refractivity contribution in [3.63, 3.8) is 0 Å². The zero-order chi connectivity index (χ0) is 25.8. The Morgan fingerprint density at radius 1 is 0.919 bits per heavy atom. The monoisotopic (exact) mass is 505 g/mol. The number of hydrogen-bond donors (Lipinski definition) is 1. The van der Waals surface area contributed by atoms with E-state index in [2.05, 4.69) is 34.1 Å². The summed E-state index contributed by atoms with van der Waals surface area (Å²) in [6, 6.07) is 20.9. The largest absolute Gasteiger partial charge is 0.416 e. The van der Waals surface area contributed by atoms with Gasteiger partial charge in [0.15, 0.2) is 0 Å². The smallest absolute Gasteiger partial charge is 0.361 e. The molecule has 4 aromatic rings. The number of nitrogens with one attached hydrogen (secondary N) is 1. The number of rotatable bonds is 8. The molecule has 0 aliphatic carbocycles. The summed E-state index contributed by atoms with van der Waals surface area (Å²) < 4.78 is 39.1. The molecule has 0 atom stereocenters. The fourth-order valence-corrected chi connectivity index (χ4v) is 5.03. The van der Waals surface area contributed by atoms with Crippen LogP contribution in [0.2, 0.25) is 0 Å². The summed E-state index contributed by atoms with van der Waals surface area (Å²) in [6.07, 6.45) is 0.708. The maximum atomic E-state index is 13.4. The van der Waals surface area contributed by atoms with Gasteiger partial charge in [0.25, 0.3) is 5.91 Å². The fourth-order valence-electron chi connectivity index (χ4n) is 5.03. The number of alkyl halides is 3. The molecule has 37 heavy (non-hydrogen) atoms. The predicted octanol–water partition coefficient (Wildman–Crippen LogP) is 6.98. The molecule has 1 aliphatic heterocycles. The van der Waals surface area contributed by atoms with Gasteiger partial charge in [-0.3, -0.25) is 4.79 Å². The average molecular weight is 506 g/mol. The molecule has 0 saturated carbocycles. The van der Waals surface area contributed by atoms with E-state index < -0.39 is 11.7 Å². The molecule has 5 rings (SSSR count). The zero-order valence-electron chi connectivity index (χ0n) is 20.6. The maximum absolute atomic E-state index is 13.4. The van der Waals surface area contributed by atoms with E-state index in [4.69, 9.17) is 0 Å². The number of amides is 1. The van der Waals surface area contributed by atoms with E-state index in [-0.39, 0.29) is 11.5 Å². The first-order valence-electron chi connectivity index (χ1n) is 12.7. The number of aromatic amines is 1. The van der Waals surface area contributed by atoms with E-state index in [1.165, 1.54) is 25.0 Å². The van der Waals surface area contributed by atoms with Crippen molar-refractivity contribution in [1.29, 1.82) is 0 Å². The van der Waals surface area contributed by atoms with Crippen molar-refractivity contribution in [2.24, 2.45) is 0 Å². The summed E-state index contributed by atoms with van der Waals surface area (Å²) in [5, 5.41) is 1.13. The second kappa shape index (κ2) is 10.8. The van der Waals surface area contributed by atoms with Crippen molar-refractivity contribution in [2.75, 3.05) is 26.2 Å². The summed E-state index contributed by atoms with van der Waals surface area (Å²) in [4.78, 5) is 20.8. The van der Waals surface area contributed by atoms with Crippen LogP contribution >= 0.6 is 0 Å². The van der Waals surface area contributed by atoms with Crippen molar-refractivity contribution >= 4 is 16.8 Å². The van der Waals surface area contributed by atoms with Crippen molar-refractivity contribution in [1.82, 2.24) is 14.8 Å². The zero-order valence-corrected chi connectivity index (χ0v) is 20.6. The number of benzene rings is 3. The fraction of sp³-hybridized carbons (Fsp3) is 0.300. The number of carbonyl (C=O) groups is 1. The molecule has 1 N–H and O–H groups in total. The molecule has 1 saturated heterocycles. The molecule has 1 aliphatic rings. The van der Waals surface area contributed by atoms with Crippen LogP contribution in [-0.4, -0.2) is 46.9 Å². The van der Waals surface area contributed by atoms with E-state index in [0.29, 0.717) is 13.1 Å². The molecule has 0 bridgehead atoms. The molecule has 192 valence electrons. The van der Waals surface area contributed by atoms with Crippen LogP contribution in [0.25, 0.3) is 22.0 Å². The number of fused-ring (bicyclic) bond motifs is 1. The lowest BCUT2D eigenvalue weighted by molar-refractivity contribution is -0.137. The second-order valence-electron chi connectivity index (χ2n) is 9.68. The quantitative estimate of drug-likeness (QED) is 0.281. The molecule has 0 unspecified atom stereocenters. The Hall–Kier alpha value is -3.58. The lowest BCUT2D eigenvalue weighted by Crippen LogP contribution is -2.33. The predicted molar refractivity (Wildman–Crippen MR) is 140 cm³/mol. The van der Waals surface area contributed by atoms with Crippen LogP contribution in [0.1, 0.15) is 40.7 Å². The Balaban J connectivity index is 1.36. The number of hydrogen-bond acceptors (Lipinski definition) is 2.